The Labute approximate surface area is 127 Å². The Morgan fingerprint density at radius 3 is 2.62 bits per heavy atom. The maximum Gasteiger partial charge on any atom is 0.335 e. The van der Waals surface area contributed by atoms with Gasteiger partial charge in [0.25, 0.3) is 0 Å². The lowest BCUT2D eigenvalue weighted by Gasteiger charge is -2.28. The van der Waals surface area contributed by atoms with E-state index in [4.69, 9.17) is 16.7 Å². The second-order valence-electron chi connectivity index (χ2n) is 5.06. The summed E-state index contributed by atoms with van der Waals surface area (Å²) in [5.74, 6) is -1.10. The van der Waals surface area contributed by atoms with Crippen molar-refractivity contribution in [1.29, 1.82) is 0 Å². The van der Waals surface area contributed by atoms with E-state index >= 15 is 0 Å². The minimum absolute atomic E-state index is 0.0346. The molecule has 2 atom stereocenters. The fourth-order valence-electron chi connectivity index (χ4n) is 2.36. The summed E-state index contributed by atoms with van der Waals surface area (Å²) in [6.45, 7) is 0. The van der Waals surface area contributed by atoms with E-state index in [9.17, 15) is 14.7 Å². The van der Waals surface area contributed by atoms with E-state index in [0.717, 1.165) is 19.3 Å². The summed E-state index contributed by atoms with van der Waals surface area (Å²) in [7, 11) is 0. The lowest BCUT2D eigenvalue weighted by molar-refractivity contribution is 0.0697. The van der Waals surface area contributed by atoms with Crippen LogP contribution in [0.2, 0.25) is 5.02 Å². The summed E-state index contributed by atoms with van der Waals surface area (Å²) < 4.78 is 0. The smallest absolute Gasteiger partial charge is 0.335 e. The molecule has 2 unspecified atom stereocenters. The monoisotopic (exact) mass is 312 g/mol. The quantitative estimate of drug-likeness (QED) is 0.689. The van der Waals surface area contributed by atoms with Gasteiger partial charge in [0, 0.05) is 0 Å². The fourth-order valence-corrected chi connectivity index (χ4v) is 2.53. The number of carboxylic acids is 1. The van der Waals surface area contributed by atoms with Crippen molar-refractivity contribution in [2.75, 3.05) is 5.32 Å². The number of nitrogens with one attached hydrogen (secondary N) is 2. The molecule has 0 bridgehead atoms. The van der Waals surface area contributed by atoms with Gasteiger partial charge in [0.2, 0.25) is 0 Å². The molecule has 0 aromatic heterocycles. The summed E-state index contributed by atoms with van der Waals surface area (Å²) in [4.78, 5) is 22.8. The zero-order chi connectivity index (χ0) is 15.4. The Bertz CT molecular complexity index is 550. The normalized spacial score (nSPS) is 21.6. The van der Waals surface area contributed by atoms with Crippen LogP contribution in [0.1, 0.15) is 36.0 Å². The van der Waals surface area contributed by atoms with Gasteiger partial charge in [-0.15, -0.1) is 0 Å². The minimum Gasteiger partial charge on any atom is -0.478 e. The number of aromatic carboxylic acids is 1. The molecule has 1 aliphatic rings. The van der Waals surface area contributed by atoms with Crippen LogP contribution in [0.5, 0.6) is 0 Å². The molecule has 0 saturated heterocycles. The van der Waals surface area contributed by atoms with Crippen molar-refractivity contribution >= 4 is 29.3 Å². The molecule has 2 rings (SSSR count). The Morgan fingerprint density at radius 1 is 1.24 bits per heavy atom. The van der Waals surface area contributed by atoms with Gasteiger partial charge in [-0.25, -0.2) is 9.59 Å². The number of carbonyl (C=O) groups excluding carboxylic acids is 1. The van der Waals surface area contributed by atoms with Gasteiger partial charge in [-0.1, -0.05) is 24.4 Å². The van der Waals surface area contributed by atoms with E-state index in [1.54, 1.807) is 0 Å². The SMILES string of the molecule is O=C(Nc1cc(C(=O)O)ccc1Cl)NC1CCCCC1O. The van der Waals surface area contributed by atoms with Crippen molar-refractivity contribution in [3.05, 3.63) is 28.8 Å². The second-order valence-corrected chi connectivity index (χ2v) is 5.46. The first kappa shape index (κ1) is 15.6. The van der Waals surface area contributed by atoms with Crippen LogP contribution in [0.25, 0.3) is 0 Å². The Hall–Kier alpha value is -1.79. The number of carbonyl (C=O) groups is 2. The molecule has 7 heteroatoms. The third-order valence-electron chi connectivity index (χ3n) is 3.51. The highest BCUT2D eigenvalue weighted by atomic mass is 35.5. The van der Waals surface area contributed by atoms with Crippen molar-refractivity contribution in [3.63, 3.8) is 0 Å². The van der Waals surface area contributed by atoms with Crippen LogP contribution in [-0.2, 0) is 0 Å². The van der Waals surface area contributed by atoms with Crippen LogP contribution < -0.4 is 10.6 Å². The molecule has 0 heterocycles. The molecule has 0 spiro atoms. The third kappa shape index (κ3) is 4.09. The van der Waals surface area contributed by atoms with Crippen LogP contribution in [0, 0.1) is 0 Å². The van der Waals surface area contributed by atoms with Crippen molar-refractivity contribution < 1.29 is 19.8 Å². The Balaban J connectivity index is 2.02. The maximum absolute atomic E-state index is 11.9. The van der Waals surface area contributed by atoms with Crippen molar-refractivity contribution in [1.82, 2.24) is 5.32 Å². The number of rotatable bonds is 3. The van der Waals surface area contributed by atoms with Crippen LogP contribution in [-0.4, -0.2) is 34.4 Å². The number of carboxylic acid groups (broad SMARTS) is 1. The highest BCUT2D eigenvalue weighted by molar-refractivity contribution is 6.33. The number of urea groups is 1. The number of anilines is 1. The van der Waals surface area contributed by atoms with Gasteiger partial charge >= 0.3 is 12.0 Å². The predicted molar refractivity (Wildman–Crippen MR) is 78.8 cm³/mol. The van der Waals surface area contributed by atoms with Crippen LogP contribution in [0.4, 0.5) is 10.5 Å². The summed E-state index contributed by atoms with van der Waals surface area (Å²) in [5, 5.41) is 24.2. The molecule has 1 aromatic rings. The number of amides is 2. The molecule has 0 aliphatic heterocycles. The van der Waals surface area contributed by atoms with E-state index in [-0.39, 0.29) is 22.3 Å². The molecule has 6 nitrogen and oxygen atoms in total. The van der Waals surface area contributed by atoms with Gasteiger partial charge in [-0.2, -0.15) is 0 Å². The standard InChI is InChI=1S/C14H17ClN2O4/c15-9-6-5-8(13(19)20)7-11(9)17-14(21)16-10-3-1-2-4-12(10)18/h5-7,10,12,18H,1-4H2,(H,19,20)(H2,16,17,21). The third-order valence-corrected chi connectivity index (χ3v) is 3.84. The average molecular weight is 313 g/mol. The zero-order valence-corrected chi connectivity index (χ0v) is 12.1. The molecule has 1 saturated carbocycles. The number of hydrogen-bond donors (Lipinski definition) is 4. The molecular formula is C14H17ClN2O4. The van der Waals surface area contributed by atoms with Crippen LogP contribution >= 0.6 is 11.6 Å². The summed E-state index contributed by atoms with van der Waals surface area (Å²) in [5.41, 5.74) is 0.256. The summed E-state index contributed by atoms with van der Waals surface area (Å²) in [6, 6.07) is 3.27. The number of aliphatic hydroxyl groups is 1. The van der Waals surface area contributed by atoms with E-state index in [1.807, 2.05) is 0 Å². The molecule has 4 N–H and O–H groups in total. The van der Waals surface area contributed by atoms with Crippen molar-refractivity contribution in [3.8, 4) is 0 Å². The molecular weight excluding hydrogens is 296 g/mol. The predicted octanol–water partition coefficient (Wildman–Crippen LogP) is 2.46. The van der Waals surface area contributed by atoms with Gasteiger partial charge in [-0.05, 0) is 31.0 Å². The first-order chi connectivity index (χ1) is 9.97. The number of benzene rings is 1. The lowest BCUT2D eigenvalue weighted by Crippen LogP contribution is -2.46. The van der Waals surface area contributed by atoms with Gasteiger partial charge in [0.05, 0.1) is 28.4 Å². The topological polar surface area (TPSA) is 98.7 Å². The first-order valence-corrected chi connectivity index (χ1v) is 7.13. The lowest BCUT2D eigenvalue weighted by atomic mass is 9.93. The molecule has 1 aromatic carbocycles. The van der Waals surface area contributed by atoms with E-state index in [2.05, 4.69) is 10.6 Å². The van der Waals surface area contributed by atoms with Gasteiger partial charge < -0.3 is 20.8 Å². The highest BCUT2D eigenvalue weighted by Gasteiger charge is 2.24. The molecule has 1 fully saturated rings. The second kappa shape index (κ2) is 6.78. The van der Waals surface area contributed by atoms with E-state index < -0.39 is 18.1 Å². The average Bonchev–Trinajstić information content (AvgIpc) is 2.43. The highest BCUT2D eigenvalue weighted by Crippen LogP contribution is 2.23. The molecule has 1 aliphatic carbocycles. The summed E-state index contributed by atoms with van der Waals surface area (Å²) in [6.07, 6.45) is 2.74. The molecule has 21 heavy (non-hydrogen) atoms. The van der Waals surface area contributed by atoms with Crippen molar-refractivity contribution in [2.45, 2.75) is 37.8 Å². The first-order valence-electron chi connectivity index (χ1n) is 6.76. The summed E-state index contributed by atoms with van der Waals surface area (Å²) >= 11 is 5.93. The fraction of sp³-hybridized carbons (Fsp3) is 0.429. The Morgan fingerprint density at radius 2 is 1.95 bits per heavy atom. The Kier molecular flexibility index (Phi) is 5.03. The molecule has 114 valence electrons. The maximum atomic E-state index is 11.9. The molecule has 2 amide bonds. The van der Waals surface area contributed by atoms with Crippen LogP contribution in [0.3, 0.4) is 0 Å². The van der Waals surface area contributed by atoms with Gasteiger partial charge in [0.1, 0.15) is 0 Å². The van der Waals surface area contributed by atoms with Crippen molar-refractivity contribution in [2.24, 2.45) is 0 Å². The zero-order valence-electron chi connectivity index (χ0n) is 11.3. The molecule has 0 radical (unpaired) electrons. The minimum atomic E-state index is -1.10. The van der Waals surface area contributed by atoms with Gasteiger partial charge in [0.15, 0.2) is 0 Å². The number of aliphatic hydroxyl groups excluding tert-OH is 1. The van der Waals surface area contributed by atoms with E-state index in [0.29, 0.717) is 6.42 Å². The van der Waals surface area contributed by atoms with Gasteiger partial charge in [-0.3, -0.25) is 0 Å². The van der Waals surface area contributed by atoms with Crippen LogP contribution in [0.15, 0.2) is 18.2 Å². The number of hydrogen-bond acceptors (Lipinski definition) is 3. The number of halogens is 1. The van der Waals surface area contributed by atoms with E-state index in [1.165, 1.54) is 18.2 Å². The largest absolute Gasteiger partial charge is 0.478 e.